The number of esters is 1. The lowest BCUT2D eigenvalue weighted by atomic mass is 10.2. The van der Waals surface area contributed by atoms with Crippen LogP contribution in [0.3, 0.4) is 0 Å². The van der Waals surface area contributed by atoms with Gasteiger partial charge in [0.25, 0.3) is 5.91 Å². The molecule has 36 heavy (non-hydrogen) atoms. The van der Waals surface area contributed by atoms with E-state index in [4.69, 9.17) is 9.47 Å². The minimum absolute atomic E-state index is 0.0836. The van der Waals surface area contributed by atoms with Gasteiger partial charge in [-0.1, -0.05) is 18.2 Å². The summed E-state index contributed by atoms with van der Waals surface area (Å²) < 4.78 is 50.9. The van der Waals surface area contributed by atoms with E-state index in [1.165, 1.54) is 20.2 Å². The highest BCUT2D eigenvalue weighted by molar-refractivity contribution is 6.14. The van der Waals surface area contributed by atoms with Crippen molar-refractivity contribution < 1.29 is 32.2 Å². The van der Waals surface area contributed by atoms with Gasteiger partial charge in [-0.15, -0.1) is 0 Å². The van der Waals surface area contributed by atoms with Gasteiger partial charge in [0.1, 0.15) is 5.65 Å². The molecular weight excluding hydrogens is 477 g/mol. The number of alkyl halides is 3. The van der Waals surface area contributed by atoms with Gasteiger partial charge in [-0.2, -0.15) is 13.2 Å². The van der Waals surface area contributed by atoms with E-state index in [0.29, 0.717) is 35.4 Å². The first-order valence-electron chi connectivity index (χ1n) is 11.6. The number of carbonyl (C=O) groups excluding carboxylic acids is 2. The molecule has 0 saturated carbocycles. The van der Waals surface area contributed by atoms with Crippen molar-refractivity contribution in [2.75, 3.05) is 24.4 Å². The molecule has 3 aromatic rings. The summed E-state index contributed by atoms with van der Waals surface area (Å²) in [5, 5.41) is 5.99. The van der Waals surface area contributed by atoms with Crippen LogP contribution in [0.15, 0.2) is 42.6 Å². The molecule has 0 unspecified atom stereocenters. The van der Waals surface area contributed by atoms with Crippen LogP contribution >= 0.6 is 0 Å². The molecule has 1 saturated heterocycles. The van der Waals surface area contributed by atoms with Crippen LogP contribution in [0.1, 0.15) is 47.0 Å². The third-order valence-corrected chi connectivity index (χ3v) is 5.91. The summed E-state index contributed by atoms with van der Waals surface area (Å²) in [6.45, 7) is 2.32. The minimum atomic E-state index is -4.33. The number of hydrogen-bond donors (Lipinski definition) is 2. The number of nitrogens with zero attached hydrogens (tertiary/aromatic N) is 2. The summed E-state index contributed by atoms with van der Waals surface area (Å²) >= 11 is 0. The molecule has 0 spiro atoms. The Balaban J connectivity index is 1.80. The molecular formula is C25H27F3N4O4. The number of benzene rings is 1. The fourth-order valence-electron chi connectivity index (χ4n) is 4.37. The first-order valence-corrected chi connectivity index (χ1v) is 11.6. The third kappa shape index (κ3) is 5.78. The smallest absolute Gasteiger partial charge is 0.391 e. The number of hydrogen-bond acceptors (Lipinski definition) is 6. The second kappa shape index (κ2) is 10.6. The molecule has 8 nitrogen and oxygen atoms in total. The highest BCUT2D eigenvalue weighted by Crippen LogP contribution is 2.34. The van der Waals surface area contributed by atoms with E-state index in [1.54, 1.807) is 41.0 Å². The van der Waals surface area contributed by atoms with Crippen molar-refractivity contribution in [2.24, 2.45) is 0 Å². The van der Waals surface area contributed by atoms with Gasteiger partial charge >= 0.3 is 12.1 Å². The molecule has 11 heteroatoms. The zero-order valence-corrected chi connectivity index (χ0v) is 19.9. The van der Waals surface area contributed by atoms with E-state index < -0.39 is 30.5 Å². The predicted octanol–water partition coefficient (Wildman–Crippen LogP) is 5.01. The van der Waals surface area contributed by atoms with Gasteiger partial charge in [-0.3, -0.25) is 4.79 Å². The van der Waals surface area contributed by atoms with E-state index in [1.807, 2.05) is 0 Å². The molecule has 0 radical (unpaired) electrons. The molecule has 1 fully saturated rings. The van der Waals surface area contributed by atoms with Crippen molar-refractivity contribution in [1.82, 2.24) is 9.55 Å². The maximum absolute atomic E-state index is 13.0. The summed E-state index contributed by atoms with van der Waals surface area (Å²) in [5.74, 6) is -1.14. The quantitative estimate of drug-likeness (QED) is 0.419. The monoisotopic (exact) mass is 504 g/mol. The molecule has 2 atom stereocenters. The Bertz CT molecular complexity index is 1240. The summed E-state index contributed by atoms with van der Waals surface area (Å²) in [6, 6.07) is 9.11. The Morgan fingerprint density at radius 3 is 2.67 bits per heavy atom. The van der Waals surface area contributed by atoms with Crippen molar-refractivity contribution >= 4 is 34.3 Å². The van der Waals surface area contributed by atoms with E-state index in [9.17, 15) is 22.8 Å². The molecule has 2 aromatic heterocycles. The number of halogens is 3. The molecule has 192 valence electrons. The zero-order chi connectivity index (χ0) is 25.9. The summed E-state index contributed by atoms with van der Waals surface area (Å²) in [6.07, 6.45) is -2.44. The van der Waals surface area contributed by atoms with Crippen LogP contribution in [0.25, 0.3) is 11.0 Å². The van der Waals surface area contributed by atoms with Crippen LogP contribution in [0.4, 0.5) is 24.5 Å². The van der Waals surface area contributed by atoms with Crippen molar-refractivity contribution in [2.45, 2.75) is 51.1 Å². The van der Waals surface area contributed by atoms with Crippen molar-refractivity contribution in [3.63, 3.8) is 0 Å². The fraction of sp³-hybridized carbons (Fsp3) is 0.400. The number of nitrogens with one attached hydrogen (secondary N) is 2. The number of carbonyl (C=O) groups is 2. The molecule has 0 aliphatic carbocycles. The molecule has 1 aliphatic rings. The maximum atomic E-state index is 13.0. The van der Waals surface area contributed by atoms with Crippen molar-refractivity contribution in [3.8, 4) is 0 Å². The zero-order valence-electron chi connectivity index (χ0n) is 19.9. The molecule has 4 rings (SSSR count). The lowest BCUT2D eigenvalue weighted by Gasteiger charge is -2.17. The van der Waals surface area contributed by atoms with E-state index >= 15 is 0 Å². The number of ether oxygens (including phenoxy) is 2. The standard InChI is InChI=1S/C25H27F3N4O4/c1-15(12-25(26,27)28)30-17-11-19-20(31-23(33)16-7-4-3-5-8-16)21(24(34)35-2)32(22(19)29-13-17)14-18-9-6-10-36-18/h3-5,7-8,11,13,15,18,30H,6,9-10,12,14H2,1-2H3,(H,31,33)/t15-,18-/m0/s1. The Hall–Kier alpha value is -3.60. The number of fused-ring (bicyclic) bond motifs is 1. The average Bonchev–Trinajstić information content (AvgIpc) is 3.44. The van der Waals surface area contributed by atoms with Crippen LogP contribution in [0, 0.1) is 0 Å². The first kappa shape index (κ1) is 25.5. The van der Waals surface area contributed by atoms with Gasteiger partial charge in [0, 0.05) is 23.6 Å². The largest absolute Gasteiger partial charge is 0.464 e. The number of aromatic nitrogens is 2. The normalized spacial score (nSPS) is 16.6. The molecule has 3 heterocycles. The number of methoxy groups -OCH3 is 1. The van der Waals surface area contributed by atoms with Gasteiger partial charge in [0.2, 0.25) is 0 Å². The van der Waals surface area contributed by atoms with Crippen LogP contribution in [-0.4, -0.2) is 53.5 Å². The Morgan fingerprint density at radius 1 is 1.28 bits per heavy atom. The lowest BCUT2D eigenvalue weighted by molar-refractivity contribution is -0.136. The van der Waals surface area contributed by atoms with Crippen molar-refractivity contribution in [1.29, 1.82) is 0 Å². The molecule has 1 amide bonds. The lowest BCUT2D eigenvalue weighted by Crippen LogP contribution is -2.23. The fourth-order valence-corrected chi connectivity index (χ4v) is 4.37. The number of rotatable bonds is 8. The van der Waals surface area contributed by atoms with Crippen LogP contribution in [-0.2, 0) is 16.0 Å². The van der Waals surface area contributed by atoms with Crippen molar-refractivity contribution in [3.05, 3.63) is 53.9 Å². The molecule has 1 aromatic carbocycles. The van der Waals surface area contributed by atoms with Crippen LogP contribution < -0.4 is 10.6 Å². The predicted molar refractivity (Wildman–Crippen MR) is 128 cm³/mol. The number of amides is 1. The van der Waals surface area contributed by atoms with E-state index in [-0.39, 0.29) is 17.5 Å². The highest BCUT2D eigenvalue weighted by atomic mass is 19.4. The number of anilines is 2. The SMILES string of the molecule is COC(=O)c1c(NC(=O)c2ccccc2)c2cc(N[C@@H](C)CC(F)(F)F)cnc2n1C[C@@H]1CCCO1. The van der Waals surface area contributed by atoms with Gasteiger partial charge in [0.05, 0.1) is 43.8 Å². The second-order valence-corrected chi connectivity index (χ2v) is 8.74. The minimum Gasteiger partial charge on any atom is -0.464 e. The average molecular weight is 505 g/mol. The molecule has 0 bridgehead atoms. The van der Waals surface area contributed by atoms with E-state index in [2.05, 4.69) is 15.6 Å². The topological polar surface area (TPSA) is 94.5 Å². The highest BCUT2D eigenvalue weighted by Gasteiger charge is 2.31. The van der Waals surface area contributed by atoms with E-state index in [0.717, 1.165) is 12.8 Å². The first-order chi connectivity index (χ1) is 17.2. The van der Waals surface area contributed by atoms with Gasteiger partial charge < -0.3 is 24.7 Å². The summed E-state index contributed by atoms with van der Waals surface area (Å²) in [5.41, 5.74) is 1.32. The van der Waals surface area contributed by atoms with Crippen LogP contribution in [0.5, 0.6) is 0 Å². The van der Waals surface area contributed by atoms with Gasteiger partial charge in [0.15, 0.2) is 5.69 Å². The Morgan fingerprint density at radius 2 is 2.03 bits per heavy atom. The summed E-state index contributed by atoms with van der Waals surface area (Å²) in [4.78, 5) is 30.4. The van der Waals surface area contributed by atoms with Gasteiger partial charge in [-0.25, -0.2) is 9.78 Å². The molecule has 1 aliphatic heterocycles. The van der Waals surface area contributed by atoms with Crippen LogP contribution in [0.2, 0.25) is 0 Å². The number of pyridine rings is 1. The summed E-state index contributed by atoms with van der Waals surface area (Å²) in [7, 11) is 1.23. The molecule has 2 N–H and O–H groups in total. The Kier molecular flexibility index (Phi) is 7.48. The second-order valence-electron chi connectivity index (χ2n) is 8.74. The maximum Gasteiger partial charge on any atom is 0.391 e. The van der Waals surface area contributed by atoms with Gasteiger partial charge in [-0.05, 0) is 38.0 Å². The Labute approximate surface area is 205 Å². The third-order valence-electron chi connectivity index (χ3n) is 5.91.